The van der Waals surface area contributed by atoms with Crippen LogP contribution >= 0.6 is 0 Å². The van der Waals surface area contributed by atoms with E-state index in [1.807, 2.05) is 19.3 Å². The van der Waals surface area contributed by atoms with Gasteiger partial charge in [0.1, 0.15) is 0 Å². The maximum absolute atomic E-state index is 4.21. The first-order valence-corrected chi connectivity index (χ1v) is 4.73. The van der Waals surface area contributed by atoms with Gasteiger partial charge in [-0.2, -0.15) is 0 Å². The molecule has 0 radical (unpaired) electrons. The Morgan fingerprint density at radius 1 is 1.42 bits per heavy atom. The Hall–Kier alpha value is -0.790. The fraction of sp³-hybridized carbons (Fsp3) is 0.700. The minimum atomic E-state index is 1.03. The molecule has 70 valence electrons. The van der Waals surface area contributed by atoms with Gasteiger partial charge in [-0.25, -0.2) is 0 Å². The Morgan fingerprint density at radius 2 is 2.17 bits per heavy atom. The van der Waals surface area contributed by atoms with E-state index >= 15 is 0 Å². The number of hydrogen-bond donors (Lipinski definition) is 1. The second kappa shape index (κ2) is 8.31. The van der Waals surface area contributed by atoms with Gasteiger partial charge in [0.2, 0.25) is 0 Å². The highest BCUT2D eigenvalue weighted by atomic mass is 14.8. The molecule has 0 aromatic carbocycles. The highest BCUT2D eigenvalue weighted by Gasteiger charge is 1.80. The van der Waals surface area contributed by atoms with Crippen LogP contribution in [0.5, 0.6) is 0 Å². The van der Waals surface area contributed by atoms with Crippen molar-refractivity contribution in [3.8, 4) is 0 Å². The van der Waals surface area contributed by atoms with E-state index in [2.05, 4.69) is 24.2 Å². The van der Waals surface area contributed by atoms with E-state index < -0.39 is 0 Å². The third-order valence-corrected chi connectivity index (χ3v) is 1.67. The largest absolute Gasteiger partial charge is 0.390 e. The van der Waals surface area contributed by atoms with Crippen molar-refractivity contribution < 1.29 is 0 Å². The van der Waals surface area contributed by atoms with Gasteiger partial charge in [0.15, 0.2) is 0 Å². The van der Waals surface area contributed by atoms with Crippen LogP contribution in [0, 0.1) is 0 Å². The van der Waals surface area contributed by atoms with Crippen molar-refractivity contribution in [2.45, 2.75) is 40.0 Å². The van der Waals surface area contributed by atoms with Crippen LogP contribution < -0.4 is 5.32 Å². The maximum atomic E-state index is 4.21. The molecule has 0 atom stereocenters. The van der Waals surface area contributed by atoms with Crippen molar-refractivity contribution in [1.82, 2.24) is 5.32 Å². The summed E-state index contributed by atoms with van der Waals surface area (Å²) in [6.07, 6.45) is 7.22. The molecule has 0 aliphatic carbocycles. The average Bonchev–Trinajstić information content (AvgIpc) is 2.10. The van der Waals surface area contributed by atoms with E-state index in [1.165, 1.54) is 18.6 Å². The topological polar surface area (TPSA) is 24.4 Å². The van der Waals surface area contributed by atoms with Gasteiger partial charge in [-0.1, -0.05) is 20.3 Å². The van der Waals surface area contributed by atoms with Crippen LogP contribution in [0.1, 0.15) is 40.0 Å². The molecule has 0 aromatic heterocycles. The van der Waals surface area contributed by atoms with Crippen molar-refractivity contribution in [2.24, 2.45) is 4.99 Å². The minimum Gasteiger partial charge on any atom is -0.390 e. The van der Waals surface area contributed by atoms with E-state index in [-0.39, 0.29) is 0 Å². The van der Waals surface area contributed by atoms with Gasteiger partial charge in [0.25, 0.3) is 0 Å². The molecule has 0 unspecified atom stereocenters. The zero-order chi connectivity index (χ0) is 9.23. The van der Waals surface area contributed by atoms with Crippen LogP contribution in [0.15, 0.2) is 17.4 Å². The first-order chi connectivity index (χ1) is 5.81. The normalized spacial score (nSPS) is 12.4. The van der Waals surface area contributed by atoms with Crippen LogP contribution in [0.2, 0.25) is 0 Å². The lowest BCUT2D eigenvalue weighted by Crippen LogP contribution is -2.05. The summed E-state index contributed by atoms with van der Waals surface area (Å²) in [6.45, 7) is 7.38. The number of hydrogen-bond acceptors (Lipinski definition) is 2. The molecular weight excluding hydrogens is 148 g/mol. The Kier molecular flexibility index (Phi) is 7.76. The van der Waals surface area contributed by atoms with E-state index in [9.17, 15) is 0 Å². The van der Waals surface area contributed by atoms with Crippen molar-refractivity contribution in [3.05, 3.63) is 12.4 Å². The first kappa shape index (κ1) is 11.2. The van der Waals surface area contributed by atoms with Crippen LogP contribution in [-0.4, -0.2) is 12.3 Å². The Bertz CT molecular complexity index is 148. The van der Waals surface area contributed by atoms with Gasteiger partial charge in [0.05, 0.1) is 0 Å². The molecule has 0 aliphatic heterocycles. The standard InChI is InChI=1S/C10H20N2/c1-4-6-7-11-8-9-12-10(3)5-2/h8-9,11H,4-7H2,1-3H3/b9-8-,12-10+. The summed E-state index contributed by atoms with van der Waals surface area (Å²) in [6, 6.07) is 0. The summed E-state index contributed by atoms with van der Waals surface area (Å²) in [4.78, 5) is 4.21. The Morgan fingerprint density at radius 3 is 2.75 bits per heavy atom. The lowest BCUT2D eigenvalue weighted by molar-refractivity contribution is 0.734. The molecule has 0 amide bonds. The zero-order valence-corrected chi connectivity index (χ0v) is 8.43. The van der Waals surface area contributed by atoms with Crippen LogP contribution in [0.4, 0.5) is 0 Å². The fourth-order valence-electron chi connectivity index (χ4n) is 0.671. The van der Waals surface area contributed by atoms with Crippen molar-refractivity contribution in [2.75, 3.05) is 6.54 Å². The van der Waals surface area contributed by atoms with E-state index in [1.54, 1.807) is 0 Å². The number of rotatable bonds is 6. The number of aliphatic imine (C=N–C) groups is 1. The molecule has 0 spiro atoms. The summed E-state index contributed by atoms with van der Waals surface area (Å²) >= 11 is 0. The number of nitrogens with one attached hydrogen (secondary N) is 1. The average molecular weight is 168 g/mol. The van der Waals surface area contributed by atoms with E-state index in [0.29, 0.717) is 0 Å². The van der Waals surface area contributed by atoms with Crippen LogP contribution in [-0.2, 0) is 0 Å². The molecule has 0 bridgehead atoms. The second-order valence-corrected chi connectivity index (χ2v) is 2.84. The smallest absolute Gasteiger partial charge is 0.0423 e. The van der Waals surface area contributed by atoms with Crippen molar-refractivity contribution >= 4 is 5.71 Å². The number of nitrogens with zero attached hydrogens (tertiary/aromatic N) is 1. The molecule has 0 aromatic rings. The van der Waals surface area contributed by atoms with Gasteiger partial charge in [-0.3, -0.25) is 4.99 Å². The van der Waals surface area contributed by atoms with E-state index in [4.69, 9.17) is 0 Å². The molecule has 0 heterocycles. The molecular formula is C10H20N2. The lowest BCUT2D eigenvalue weighted by Gasteiger charge is -1.95. The minimum absolute atomic E-state index is 1.03. The summed E-state index contributed by atoms with van der Waals surface area (Å²) in [5, 5.41) is 3.18. The first-order valence-electron chi connectivity index (χ1n) is 4.73. The molecule has 0 aliphatic rings. The number of unbranched alkanes of at least 4 members (excludes halogenated alkanes) is 1. The molecule has 0 saturated carbocycles. The molecule has 0 fully saturated rings. The molecule has 2 heteroatoms. The fourth-order valence-corrected chi connectivity index (χ4v) is 0.671. The monoisotopic (exact) mass is 168 g/mol. The van der Waals surface area contributed by atoms with Crippen molar-refractivity contribution in [3.63, 3.8) is 0 Å². The highest BCUT2D eigenvalue weighted by Crippen LogP contribution is 1.85. The zero-order valence-electron chi connectivity index (χ0n) is 8.43. The summed E-state index contributed by atoms with van der Waals surface area (Å²) in [7, 11) is 0. The Labute approximate surface area is 75.8 Å². The molecule has 0 saturated heterocycles. The molecule has 12 heavy (non-hydrogen) atoms. The summed E-state index contributed by atoms with van der Waals surface area (Å²) in [5.74, 6) is 0. The SMILES string of the molecule is CCCCN/C=C\N=C(/C)CC. The molecule has 0 rings (SSSR count). The summed E-state index contributed by atoms with van der Waals surface area (Å²) in [5.41, 5.74) is 1.17. The predicted octanol–water partition coefficient (Wildman–Crippen LogP) is 2.72. The Balaban J connectivity index is 3.36. The van der Waals surface area contributed by atoms with Gasteiger partial charge in [-0.05, 0) is 19.8 Å². The highest BCUT2D eigenvalue weighted by molar-refractivity contribution is 5.82. The van der Waals surface area contributed by atoms with E-state index in [0.717, 1.165) is 13.0 Å². The lowest BCUT2D eigenvalue weighted by atomic mass is 10.3. The van der Waals surface area contributed by atoms with Crippen molar-refractivity contribution in [1.29, 1.82) is 0 Å². The second-order valence-electron chi connectivity index (χ2n) is 2.84. The predicted molar refractivity (Wildman–Crippen MR) is 55.5 cm³/mol. The maximum Gasteiger partial charge on any atom is 0.0423 e. The third-order valence-electron chi connectivity index (χ3n) is 1.67. The molecule has 1 N–H and O–H groups in total. The van der Waals surface area contributed by atoms with Gasteiger partial charge in [0, 0.05) is 24.7 Å². The third kappa shape index (κ3) is 7.32. The van der Waals surface area contributed by atoms with Gasteiger partial charge in [-0.15, -0.1) is 0 Å². The van der Waals surface area contributed by atoms with Gasteiger partial charge >= 0.3 is 0 Å². The van der Waals surface area contributed by atoms with Crippen LogP contribution in [0.3, 0.4) is 0 Å². The van der Waals surface area contributed by atoms with Crippen LogP contribution in [0.25, 0.3) is 0 Å². The quantitative estimate of drug-likeness (QED) is 0.478. The summed E-state index contributed by atoms with van der Waals surface area (Å²) < 4.78 is 0. The molecule has 2 nitrogen and oxygen atoms in total. The van der Waals surface area contributed by atoms with Gasteiger partial charge < -0.3 is 5.32 Å².